The fourth-order valence-electron chi connectivity index (χ4n) is 3.66. The minimum Gasteiger partial charge on any atom is -0.466 e. The number of furan rings is 1. The summed E-state index contributed by atoms with van der Waals surface area (Å²) in [6.45, 7) is 8.83. The van der Waals surface area contributed by atoms with Crippen LogP contribution in [0.4, 0.5) is 0 Å². The van der Waals surface area contributed by atoms with E-state index < -0.39 is 24.3 Å². The Bertz CT molecular complexity index is 1440. The molecule has 0 spiro atoms. The Hall–Kier alpha value is -3.84. The molecule has 4 aromatic rings. The minimum absolute atomic E-state index is 0.0102. The van der Waals surface area contributed by atoms with Crippen molar-refractivity contribution in [1.29, 1.82) is 5.26 Å². The number of carbonyl (C=O) groups excluding carboxylic acids is 2. The van der Waals surface area contributed by atoms with Gasteiger partial charge in [-0.3, -0.25) is 4.79 Å². The third-order valence-corrected chi connectivity index (χ3v) is 6.30. The maximum Gasteiger partial charge on any atom is 0.339 e. The summed E-state index contributed by atoms with van der Waals surface area (Å²) in [7, 11) is 0. The summed E-state index contributed by atoms with van der Waals surface area (Å²) in [6, 6.07) is 5.43. The third-order valence-electron chi connectivity index (χ3n) is 5.27. The number of ether oxygens (including phenoxy) is 1. The monoisotopic (exact) mass is 477 g/mol. The average molecular weight is 478 g/mol. The largest absolute Gasteiger partial charge is 0.466 e. The van der Waals surface area contributed by atoms with Gasteiger partial charge in [0.2, 0.25) is 0 Å². The van der Waals surface area contributed by atoms with E-state index in [0.717, 1.165) is 17.0 Å². The van der Waals surface area contributed by atoms with E-state index in [-0.39, 0.29) is 11.6 Å². The lowest BCUT2D eigenvalue weighted by molar-refractivity contribution is -0.122. The number of thiazole rings is 1. The first kappa shape index (κ1) is 23.3. The van der Waals surface area contributed by atoms with E-state index in [1.54, 1.807) is 29.2 Å². The van der Waals surface area contributed by atoms with Gasteiger partial charge in [0.05, 0.1) is 28.9 Å². The van der Waals surface area contributed by atoms with Gasteiger partial charge < -0.3 is 9.15 Å². The quantitative estimate of drug-likeness (QED) is 0.351. The molecule has 1 unspecified atom stereocenters. The number of ketones is 1. The molecule has 0 aliphatic carbocycles. The lowest BCUT2D eigenvalue weighted by Crippen LogP contribution is -2.20. The number of hydrogen-bond acceptors (Lipinski definition) is 9. The molecule has 10 heteroatoms. The van der Waals surface area contributed by atoms with Crippen molar-refractivity contribution in [2.45, 2.75) is 46.6 Å². The van der Waals surface area contributed by atoms with Gasteiger partial charge in [-0.1, -0.05) is 0 Å². The second-order valence-electron chi connectivity index (χ2n) is 8.23. The Morgan fingerprint density at radius 1 is 1.24 bits per heavy atom. The number of pyridine rings is 1. The van der Waals surface area contributed by atoms with Crippen LogP contribution >= 0.6 is 11.3 Å². The maximum atomic E-state index is 13.1. The van der Waals surface area contributed by atoms with Gasteiger partial charge in [0.15, 0.2) is 24.0 Å². The number of fused-ring (bicyclic) bond motifs is 1. The lowest BCUT2D eigenvalue weighted by atomic mass is 10.1. The van der Waals surface area contributed by atoms with Crippen molar-refractivity contribution < 1.29 is 18.7 Å². The van der Waals surface area contributed by atoms with Crippen LogP contribution in [0.2, 0.25) is 0 Å². The van der Waals surface area contributed by atoms with Crippen LogP contribution in [-0.2, 0) is 9.53 Å². The van der Waals surface area contributed by atoms with E-state index in [4.69, 9.17) is 14.1 Å². The van der Waals surface area contributed by atoms with Crippen LogP contribution < -0.4 is 0 Å². The first-order chi connectivity index (χ1) is 16.2. The van der Waals surface area contributed by atoms with E-state index in [0.29, 0.717) is 27.5 Å². The first-order valence-corrected chi connectivity index (χ1v) is 11.5. The molecule has 4 heterocycles. The molecule has 0 radical (unpaired) electrons. The van der Waals surface area contributed by atoms with Crippen LogP contribution in [0.15, 0.2) is 28.1 Å². The number of aryl methyl sites for hydroxylation is 3. The molecule has 4 aromatic heterocycles. The zero-order chi connectivity index (χ0) is 24.6. The zero-order valence-electron chi connectivity index (χ0n) is 19.4. The molecule has 34 heavy (non-hydrogen) atoms. The number of carbonyl (C=O) groups is 2. The molecule has 0 N–H and O–H groups in total. The molecule has 0 amide bonds. The van der Waals surface area contributed by atoms with Gasteiger partial charge in [0, 0.05) is 22.7 Å². The summed E-state index contributed by atoms with van der Waals surface area (Å²) in [5, 5.41) is 16.5. The highest BCUT2D eigenvalue weighted by Gasteiger charge is 2.26. The van der Waals surface area contributed by atoms with Crippen LogP contribution in [0.5, 0.6) is 0 Å². The van der Waals surface area contributed by atoms with Gasteiger partial charge >= 0.3 is 5.97 Å². The van der Waals surface area contributed by atoms with Crippen molar-refractivity contribution >= 4 is 34.1 Å². The Morgan fingerprint density at radius 3 is 2.59 bits per heavy atom. The van der Waals surface area contributed by atoms with Crippen LogP contribution in [0, 0.1) is 32.1 Å². The second-order valence-corrected chi connectivity index (χ2v) is 9.12. The normalized spacial score (nSPS) is 12.1. The van der Waals surface area contributed by atoms with Crippen LogP contribution in [0.1, 0.15) is 58.4 Å². The van der Waals surface area contributed by atoms with E-state index in [1.165, 1.54) is 11.3 Å². The predicted molar refractivity (Wildman–Crippen MR) is 126 cm³/mol. The first-order valence-electron chi connectivity index (χ1n) is 10.7. The standard InChI is InChI=1S/C24H23N5O4S/c1-12(2)29-22-19(9-26-29)17(7-20(28-22)16-6-14(4)33-15(16)5)24(31)32-10-21(30)18(8-25)23-27-13(3)11-34-23/h6-7,9,11-12,18H,10H2,1-5H3. The molecule has 0 bridgehead atoms. The molecule has 0 saturated carbocycles. The Balaban J connectivity index is 1.67. The molecule has 9 nitrogen and oxygen atoms in total. The highest BCUT2D eigenvalue weighted by Crippen LogP contribution is 2.30. The summed E-state index contributed by atoms with van der Waals surface area (Å²) in [5.74, 6) is -0.920. The summed E-state index contributed by atoms with van der Waals surface area (Å²) < 4.78 is 12.7. The molecule has 0 fully saturated rings. The Morgan fingerprint density at radius 2 is 2.00 bits per heavy atom. The van der Waals surface area contributed by atoms with Crippen LogP contribution in [0.3, 0.4) is 0 Å². The van der Waals surface area contributed by atoms with E-state index in [1.807, 2.05) is 39.8 Å². The highest BCUT2D eigenvalue weighted by atomic mass is 32.1. The van der Waals surface area contributed by atoms with Crippen molar-refractivity contribution in [1.82, 2.24) is 19.7 Å². The van der Waals surface area contributed by atoms with Gasteiger partial charge in [-0.15, -0.1) is 11.3 Å². The highest BCUT2D eigenvalue weighted by molar-refractivity contribution is 7.09. The average Bonchev–Trinajstić information content (AvgIpc) is 3.50. The summed E-state index contributed by atoms with van der Waals surface area (Å²) in [4.78, 5) is 34.7. The number of nitrogens with zero attached hydrogens (tertiary/aromatic N) is 5. The summed E-state index contributed by atoms with van der Waals surface area (Å²) in [5.41, 5.74) is 2.78. The second kappa shape index (κ2) is 9.19. The van der Waals surface area contributed by atoms with Gasteiger partial charge in [-0.2, -0.15) is 10.4 Å². The molecule has 0 aromatic carbocycles. The summed E-state index contributed by atoms with van der Waals surface area (Å²) >= 11 is 1.23. The molecule has 174 valence electrons. The van der Waals surface area contributed by atoms with Crippen molar-refractivity contribution in [3.8, 4) is 17.3 Å². The van der Waals surface area contributed by atoms with Crippen molar-refractivity contribution in [3.63, 3.8) is 0 Å². The van der Waals surface area contributed by atoms with Crippen LogP contribution in [-0.4, -0.2) is 38.1 Å². The van der Waals surface area contributed by atoms with Gasteiger partial charge in [-0.25, -0.2) is 19.4 Å². The molecule has 1 atom stereocenters. The van der Waals surface area contributed by atoms with E-state index in [9.17, 15) is 14.9 Å². The number of Topliss-reactive ketones (excluding diaryl/α,β-unsaturated/α-hetero) is 1. The Labute approximate surface area is 200 Å². The fraction of sp³-hybridized carbons (Fsp3) is 0.333. The van der Waals surface area contributed by atoms with Gasteiger partial charge in [0.25, 0.3) is 0 Å². The number of aromatic nitrogens is 4. The topological polar surface area (TPSA) is 124 Å². The molecular formula is C24H23N5O4S. The predicted octanol–water partition coefficient (Wildman–Crippen LogP) is 4.69. The van der Waals surface area contributed by atoms with Gasteiger partial charge in [0.1, 0.15) is 16.5 Å². The van der Waals surface area contributed by atoms with Gasteiger partial charge in [-0.05, 0) is 46.8 Å². The van der Waals surface area contributed by atoms with Crippen molar-refractivity contribution in [2.75, 3.05) is 6.61 Å². The number of hydrogen-bond donors (Lipinski definition) is 0. The minimum atomic E-state index is -1.08. The van der Waals surface area contributed by atoms with Crippen LogP contribution in [0.25, 0.3) is 22.3 Å². The van der Waals surface area contributed by atoms with E-state index >= 15 is 0 Å². The molecular weight excluding hydrogens is 454 g/mol. The third kappa shape index (κ3) is 4.34. The Kier molecular flexibility index (Phi) is 6.30. The molecule has 0 aliphatic heterocycles. The van der Waals surface area contributed by atoms with E-state index in [2.05, 4.69) is 10.1 Å². The zero-order valence-corrected chi connectivity index (χ0v) is 20.3. The number of nitriles is 1. The van der Waals surface area contributed by atoms with Crippen molar-refractivity contribution in [3.05, 3.63) is 51.5 Å². The maximum absolute atomic E-state index is 13.1. The molecule has 4 rings (SSSR count). The number of esters is 1. The fourth-order valence-corrected chi connectivity index (χ4v) is 4.52. The number of rotatable bonds is 7. The summed E-state index contributed by atoms with van der Waals surface area (Å²) in [6.07, 6.45) is 1.56. The SMILES string of the molecule is Cc1csc(C(C#N)C(=O)COC(=O)c2cc(-c3cc(C)oc3C)nc3c2cnn3C(C)C)n1. The smallest absolute Gasteiger partial charge is 0.339 e. The lowest BCUT2D eigenvalue weighted by Gasteiger charge is -2.11. The molecule has 0 saturated heterocycles. The van der Waals surface area contributed by atoms with Crippen molar-refractivity contribution in [2.24, 2.45) is 0 Å². The molecule has 0 aliphatic rings.